The van der Waals surface area contributed by atoms with Crippen molar-refractivity contribution in [3.05, 3.63) is 45.7 Å². The molecule has 0 bridgehead atoms. The third kappa shape index (κ3) is 1.90. The van der Waals surface area contributed by atoms with E-state index in [0.29, 0.717) is 18.3 Å². The molecule has 7 heteroatoms. The Labute approximate surface area is 138 Å². The van der Waals surface area contributed by atoms with E-state index >= 15 is 0 Å². The summed E-state index contributed by atoms with van der Waals surface area (Å²) in [6.07, 6.45) is 7.49. The Morgan fingerprint density at radius 1 is 1.33 bits per heavy atom. The minimum atomic E-state index is -0.311. The zero-order chi connectivity index (χ0) is 16.3. The molecule has 124 valence electrons. The minimum Gasteiger partial charge on any atom is -0.348 e. The van der Waals surface area contributed by atoms with Gasteiger partial charge >= 0.3 is 0 Å². The van der Waals surface area contributed by atoms with Crippen molar-refractivity contribution in [3.8, 4) is 0 Å². The number of aromatic amines is 2. The molecule has 24 heavy (non-hydrogen) atoms. The summed E-state index contributed by atoms with van der Waals surface area (Å²) in [6, 6.07) is 1.33. The van der Waals surface area contributed by atoms with Crippen LogP contribution in [-0.2, 0) is 12.0 Å². The number of H-pyrrole nitrogens is 2. The molecular formula is C17H19N5O2. The van der Waals surface area contributed by atoms with Crippen molar-refractivity contribution in [2.75, 3.05) is 6.54 Å². The lowest BCUT2D eigenvalue weighted by atomic mass is 9.70. The minimum absolute atomic E-state index is 0.142. The fourth-order valence-electron chi connectivity index (χ4n) is 4.07. The number of carbonyl (C=O) groups excluding carboxylic acids is 1. The molecule has 2 N–H and O–H groups in total. The average Bonchev–Trinajstić information content (AvgIpc) is 3.28. The van der Waals surface area contributed by atoms with E-state index in [-0.39, 0.29) is 22.7 Å². The van der Waals surface area contributed by atoms with Gasteiger partial charge in [-0.2, -0.15) is 0 Å². The van der Waals surface area contributed by atoms with Crippen molar-refractivity contribution in [1.29, 1.82) is 0 Å². The number of amides is 1. The molecule has 0 radical (unpaired) electrons. The smallest absolute Gasteiger partial charge is 0.273 e. The molecule has 5 rings (SSSR count). The second-order valence-corrected chi connectivity index (χ2v) is 7.11. The van der Waals surface area contributed by atoms with Crippen molar-refractivity contribution in [2.24, 2.45) is 0 Å². The van der Waals surface area contributed by atoms with E-state index in [0.717, 1.165) is 49.9 Å². The molecule has 2 fully saturated rings. The first-order chi connectivity index (χ1) is 11.7. The Morgan fingerprint density at radius 2 is 2.17 bits per heavy atom. The predicted molar refractivity (Wildman–Crippen MR) is 85.7 cm³/mol. The molecule has 1 aliphatic heterocycles. The van der Waals surface area contributed by atoms with Crippen LogP contribution in [0.3, 0.4) is 0 Å². The number of carbonyl (C=O) groups is 1. The monoisotopic (exact) mass is 325 g/mol. The second kappa shape index (κ2) is 4.78. The fraction of sp³-hybridized carbons (Fsp3) is 0.529. The van der Waals surface area contributed by atoms with Crippen molar-refractivity contribution >= 4 is 5.91 Å². The van der Waals surface area contributed by atoms with Gasteiger partial charge in [0.2, 0.25) is 0 Å². The normalized spacial score (nSPS) is 21.4. The first-order valence-corrected chi connectivity index (χ1v) is 8.63. The molecule has 0 unspecified atom stereocenters. The predicted octanol–water partition coefficient (Wildman–Crippen LogP) is 1.45. The van der Waals surface area contributed by atoms with Crippen LogP contribution in [0.5, 0.6) is 0 Å². The summed E-state index contributed by atoms with van der Waals surface area (Å²) in [5.41, 5.74) is 1.85. The van der Waals surface area contributed by atoms with Gasteiger partial charge in [-0.15, -0.1) is 0 Å². The number of aromatic nitrogens is 4. The van der Waals surface area contributed by atoms with Crippen LogP contribution in [0.1, 0.15) is 65.7 Å². The van der Waals surface area contributed by atoms with E-state index in [4.69, 9.17) is 0 Å². The van der Waals surface area contributed by atoms with Gasteiger partial charge in [0.15, 0.2) is 0 Å². The topological polar surface area (TPSA) is 94.7 Å². The molecule has 1 spiro atoms. The highest BCUT2D eigenvalue weighted by Gasteiger charge is 2.51. The van der Waals surface area contributed by atoms with Crippen LogP contribution in [0.15, 0.2) is 17.2 Å². The molecular weight excluding hydrogens is 306 g/mol. The molecule has 3 heterocycles. The van der Waals surface area contributed by atoms with E-state index in [9.17, 15) is 9.59 Å². The van der Waals surface area contributed by atoms with Crippen LogP contribution in [0.4, 0.5) is 0 Å². The summed E-state index contributed by atoms with van der Waals surface area (Å²) < 4.78 is 0. The first-order valence-electron chi connectivity index (χ1n) is 8.63. The van der Waals surface area contributed by atoms with E-state index < -0.39 is 0 Å². The number of nitrogens with zero attached hydrogens (tertiary/aromatic N) is 3. The highest BCUT2D eigenvalue weighted by Crippen LogP contribution is 2.49. The van der Waals surface area contributed by atoms with Crippen molar-refractivity contribution < 1.29 is 4.79 Å². The summed E-state index contributed by atoms with van der Waals surface area (Å²) >= 11 is 0. The standard InChI is InChI=1S/C17H19N5O2/c23-13-8-12(20-15(21-13)10-2-3-10)16(24)22-7-4-11-14(19-9-18-11)17(22)5-1-6-17/h8-10H,1-7H2,(H,18,19)(H,20,21,23). The van der Waals surface area contributed by atoms with Crippen LogP contribution in [0, 0.1) is 0 Å². The third-order valence-electron chi connectivity index (χ3n) is 5.63. The summed E-state index contributed by atoms with van der Waals surface area (Å²) in [4.78, 5) is 41.9. The number of imidazole rings is 1. The largest absolute Gasteiger partial charge is 0.348 e. The molecule has 1 amide bonds. The van der Waals surface area contributed by atoms with E-state index in [1.807, 2.05) is 4.90 Å². The lowest BCUT2D eigenvalue weighted by Crippen LogP contribution is -2.57. The lowest BCUT2D eigenvalue weighted by molar-refractivity contribution is 0.00404. The molecule has 0 aromatic carbocycles. The highest BCUT2D eigenvalue weighted by atomic mass is 16.2. The summed E-state index contributed by atoms with van der Waals surface area (Å²) in [7, 11) is 0. The quantitative estimate of drug-likeness (QED) is 0.873. The van der Waals surface area contributed by atoms with Gasteiger partial charge in [0.25, 0.3) is 11.5 Å². The van der Waals surface area contributed by atoms with Crippen LogP contribution >= 0.6 is 0 Å². The molecule has 7 nitrogen and oxygen atoms in total. The second-order valence-electron chi connectivity index (χ2n) is 7.11. The zero-order valence-corrected chi connectivity index (χ0v) is 13.3. The third-order valence-corrected chi connectivity index (χ3v) is 5.63. The summed E-state index contributed by atoms with van der Waals surface area (Å²) in [6.45, 7) is 0.640. The first kappa shape index (κ1) is 13.9. The van der Waals surface area contributed by atoms with Crippen molar-refractivity contribution in [3.63, 3.8) is 0 Å². The number of hydrogen-bond acceptors (Lipinski definition) is 4. The highest BCUT2D eigenvalue weighted by molar-refractivity contribution is 5.93. The van der Waals surface area contributed by atoms with Crippen LogP contribution in [0.2, 0.25) is 0 Å². The zero-order valence-electron chi connectivity index (χ0n) is 13.3. The fourth-order valence-corrected chi connectivity index (χ4v) is 4.07. The summed E-state index contributed by atoms with van der Waals surface area (Å²) in [5.74, 6) is 0.824. The molecule has 0 atom stereocenters. The van der Waals surface area contributed by atoms with Gasteiger partial charge < -0.3 is 14.9 Å². The molecule has 3 aliphatic rings. The van der Waals surface area contributed by atoms with E-state index in [1.165, 1.54) is 6.07 Å². The van der Waals surface area contributed by atoms with Crippen molar-refractivity contribution in [1.82, 2.24) is 24.8 Å². The number of rotatable bonds is 2. The molecule has 0 saturated heterocycles. The Hall–Kier alpha value is -2.44. The Bertz CT molecular complexity index is 875. The Morgan fingerprint density at radius 3 is 2.88 bits per heavy atom. The number of fused-ring (bicyclic) bond motifs is 2. The van der Waals surface area contributed by atoms with Crippen LogP contribution in [0.25, 0.3) is 0 Å². The van der Waals surface area contributed by atoms with Gasteiger partial charge in [-0.05, 0) is 32.1 Å². The van der Waals surface area contributed by atoms with Gasteiger partial charge in [0.1, 0.15) is 11.5 Å². The Balaban J connectivity index is 1.54. The SMILES string of the molecule is O=C(c1cc(=O)[nH]c(C2CC2)n1)N1CCc2[nH]cnc2C12CCC2. The molecule has 2 aromatic heterocycles. The van der Waals surface area contributed by atoms with Crippen LogP contribution in [-0.4, -0.2) is 37.3 Å². The number of nitrogens with one attached hydrogen (secondary N) is 2. The van der Waals surface area contributed by atoms with Gasteiger partial charge in [-0.25, -0.2) is 9.97 Å². The maximum absolute atomic E-state index is 13.2. The van der Waals surface area contributed by atoms with E-state index in [2.05, 4.69) is 19.9 Å². The molecule has 2 saturated carbocycles. The molecule has 2 aliphatic carbocycles. The average molecular weight is 325 g/mol. The molecule has 2 aromatic rings. The van der Waals surface area contributed by atoms with Crippen LogP contribution < -0.4 is 5.56 Å². The van der Waals surface area contributed by atoms with Gasteiger partial charge in [0, 0.05) is 30.6 Å². The number of hydrogen-bond donors (Lipinski definition) is 2. The lowest BCUT2D eigenvalue weighted by Gasteiger charge is -2.51. The van der Waals surface area contributed by atoms with Crippen molar-refractivity contribution in [2.45, 2.75) is 50.0 Å². The maximum atomic E-state index is 13.2. The van der Waals surface area contributed by atoms with Gasteiger partial charge in [-0.3, -0.25) is 9.59 Å². The van der Waals surface area contributed by atoms with Gasteiger partial charge in [0.05, 0.1) is 17.6 Å². The summed E-state index contributed by atoms with van der Waals surface area (Å²) in [5, 5.41) is 0. The Kier molecular flexibility index (Phi) is 2.78. The maximum Gasteiger partial charge on any atom is 0.273 e. The van der Waals surface area contributed by atoms with E-state index in [1.54, 1.807) is 6.33 Å². The van der Waals surface area contributed by atoms with Gasteiger partial charge in [-0.1, -0.05) is 0 Å².